The van der Waals surface area contributed by atoms with E-state index in [2.05, 4.69) is 10.6 Å². The van der Waals surface area contributed by atoms with Gasteiger partial charge in [-0.25, -0.2) is 8.42 Å². The van der Waals surface area contributed by atoms with Crippen LogP contribution in [0.2, 0.25) is 5.02 Å². The van der Waals surface area contributed by atoms with Crippen molar-refractivity contribution in [2.24, 2.45) is 0 Å². The van der Waals surface area contributed by atoms with E-state index in [1.807, 2.05) is 6.92 Å². The van der Waals surface area contributed by atoms with Gasteiger partial charge in [0, 0.05) is 18.1 Å². The zero-order chi connectivity index (χ0) is 22.4. The number of hydrogen-bond acceptors (Lipinski definition) is 5. The minimum atomic E-state index is -3.88. The lowest BCUT2D eigenvalue weighted by molar-refractivity contribution is -0.139. The molecule has 2 N–H and O–H groups in total. The first kappa shape index (κ1) is 22.6. The second kappa shape index (κ2) is 9.80. The van der Waals surface area contributed by atoms with E-state index in [-0.39, 0.29) is 23.7 Å². The van der Waals surface area contributed by atoms with Gasteiger partial charge in [-0.1, -0.05) is 47.5 Å². The van der Waals surface area contributed by atoms with E-state index in [1.165, 1.54) is 24.5 Å². The van der Waals surface area contributed by atoms with Gasteiger partial charge in [0.2, 0.25) is 0 Å². The number of carbonyl (C=O) groups is 2. The second-order valence-corrected chi connectivity index (χ2v) is 9.38. The summed E-state index contributed by atoms with van der Waals surface area (Å²) < 4.78 is 31.6. The third-order valence-corrected chi connectivity index (χ3v) is 7.08. The number of aryl methyl sites for hydroxylation is 1. The monoisotopic (exact) mass is 460 g/mol. The van der Waals surface area contributed by atoms with Crippen LogP contribution in [-0.2, 0) is 26.0 Å². The third kappa shape index (κ3) is 5.53. The summed E-state index contributed by atoms with van der Waals surface area (Å²) >= 11 is 6.04. The van der Waals surface area contributed by atoms with E-state index in [9.17, 15) is 18.0 Å². The fourth-order valence-electron chi connectivity index (χ4n) is 2.89. The highest BCUT2D eigenvalue weighted by Crippen LogP contribution is 2.29. The highest BCUT2D eigenvalue weighted by atomic mass is 35.5. The topological polar surface area (TPSA) is 105 Å². The number of rotatable bonds is 7. The average molecular weight is 461 g/mol. The lowest BCUT2D eigenvalue weighted by Gasteiger charge is -2.17. The van der Waals surface area contributed by atoms with E-state index in [4.69, 9.17) is 16.0 Å². The molecule has 0 saturated carbocycles. The molecule has 1 heterocycles. The first-order chi connectivity index (χ1) is 14.8. The van der Waals surface area contributed by atoms with Gasteiger partial charge in [0.1, 0.15) is 11.0 Å². The molecule has 1 atom stereocenters. The van der Waals surface area contributed by atoms with Crippen molar-refractivity contribution in [3.8, 4) is 0 Å². The molecular weight excluding hydrogens is 440 g/mol. The van der Waals surface area contributed by atoms with Crippen LogP contribution in [0.1, 0.15) is 22.1 Å². The molecule has 0 aliphatic carbocycles. The maximum atomic E-state index is 13.1. The Kier molecular flexibility index (Phi) is 7.14. The summed E-state index contributed by atoms with van der Waals surface area (Å²) in [5.41, 5.74) is 1.57. The first-order valence-corrected chi connectivity index (χ1v) is 11.3. The summed E-state index contributed by atoms with van der Waals surface area (Å²) in [6, 6.07) is 16.4. The van der Waals surface area contributed by atoms with Gasteiger partial charge in [-0.3, -0.25) is 9.59 Å². The van der Waals surface area contributed by atoms with Gasteiger partial charge in [0.25, 0.3) is 0 Å². The molecular formula is C22H21ClN2O5S. The Morgan fingerprint density at radius 3 is 2.29 bits per heavy atom. The molecule has 0 aliphatic rings. The molecule has 0 spiro atoms. The van der Waals surface area contributed by atoms with Crippen LogP contribution in [0, 0.1) is 6.92 Å². The molecule has 1 aromatic heterocycles. The minimum Gasteiger partial charge on any atom is -0.468 e. The molecule has 3 rings (SSSR count). The fraction of sp³-hybridized carbons (Fsp3) is 0.182. The van der Waals surface area contributed by atoms with Crippen molar-refractivity contribution in [3.05, 3.63) is 88.8 Å². The maximum absolute atomic E-state index is 13.1. The fourth-order valence-corrected chi connectivity index (χ4v) is 4.68. The van der Waals surface area contributed by atoms with Crippen molar-refractivity contribution in [2.75, 3.05) is 6.54 Å². The van der Waals surface area contributed by atoms with Crippen LogP contribution >= 0.6 is 11.6 Å². The maximum Gasteiger partial charge on any atom is 0.309 e. The summed E-state index contributed by atoms with van der Waals surface area (Å²) in [6.45, 7) is 1.58. The number of furan rings is 1. The number of halogens is 1. The molecule has 0 bridgehead atoms. The molecule has 2 amide bonds. The number of amides is 2. The van der Waals surface area contributed by atoms with Crippen LogP contribution in [0.4, 0.5) is 0 Å². The van der Waals surface area contributed by atoms with E-state index < -0.39 is 26.9 Å². The lowest BCUT2D eigenvalue weighted by atomic mass is 10.2. The van der Waals surface area contributed by atoms with Crippen molar-refractivity contribution in [1.29, 1.82) is 0 Å². The summed E-state index contributed by atoms with van der Waals surface area (Å²) in [4.78, 5) is 24.5. The van der Waals surface area contributed by atoms with Gasteiger partial charge >= 0.3 is 11.8 Å². The predicted molar refractivity (Wildman–Crippen MR) is 116 cm³/mol. The van der Waals surface area contributed by atoms with Gasteiger partial charge in [0.15, 0.2) is 9.84 Å². The summed E-state index contributed by atoms with van der Waals surface area (Å²) in [5, 5.41) is 4.13. The van der Waals surface area contributed by atoms with Crippen LogP contribution in [0.3, 0.4) is 0 Å². The Labute approximate surface area is 185 Å². The first-order valence-electron chi connectivity index (χ1n) is 9.42. The highest BCUT2D eigenvalue weighted by molar-refractivity contribution is 7.91. The van der Waals surface area contributed by atoms with Crippen molar-refractivity contribution >= 4 is 33.3 Å². The third-order valence-electron chi connectivity index (χ3n) is 4.64. The molecule has 162 valence electrons. The van der Waals surface area contributed by atoms with E-state index in [1.54, 1.807) is 42.5 Å². The Balaban J connectivity index is 1.69. The van der Waals surface area contributed by atoms with Crippen molar-refractivity contribution in [2.45, 2.75) is 23.6 Å². The average Bonchev–Trinajstić information content (AvgIpc) is 3.27. The predicted octanol–water partition coefficient (Wildman–Crippen LogP) is 3.19. The molecule has 0 radical (unpaired) electrons. The normalized spacial score (nSPS) is 12.2. The van der Waals surface area contributed by atoms with Crippen molar-refractivity contribution < 1.29 is 22.4 Å². The number of sulfone groups is 1. The molecule has 2 aromatic carbocycles. The largest absolute Gasteiger partial charge is 0.468 e. The van der Waals surface area contributed by atoms with E-state index in [0.717, 1.165) is 5.56 Å². The lowest BCUT2D eigenvalue weighted by Crippen LogP contribution is -2.42. The van der Waals surface area contributed by atoms with Gasteiger partial charge in [-0.05, 0) is 42.8 Å². The molecule has 31 heavy (non-hydrogen) atoms. The quantitative estimate of drug-likeness (QED) is 0.527. The summed E-state index contributed by atoms with van der Waals surface area (Å²) in [6.07, 6.45) is 1.35. The van der Waals surface area contributed by atoms with Gasteiger partial charge in [0.05, 0.1) is 11.2 Å². The minimum absolute atomic E-state index is 0.0647. The molecule has 9 heteroatoms. The second-order valence-electron chi connectivity index (χ2n) is 6.85. The molecule has 0 saturated heterocycles. The zero-order valence-corrected chi connectivity index (χ0v) is 18.2. The Hall–Kier alpha value is -3.10. The molecule has 0 fully saturated rings. The molecule has 7 nitrogen and oxygen atoms in total. The zero-order valence-electron chi connectivity index (χ0n) is 16.7. The van der Waals surface area contributed by atoms with Crippen LogP contribution in [0.25, 0.3) is 0 Å². The summed E-state index contributed by atoms with van der Waals surface area (Å²) in [5.74, 6) is -1.69. The Morgan fingerprint density at radius 1 is 0.968 bits per heavy atom. The van der Waals surface area contributed by atoms with E-state index in [0.29, 0.717) is 10.6 Å². The van der Waals surface area contributed by atoms with Crippen molar-refractivity contribution in [1.82, 2.24) is 10.6 Å². The van der Waals surface area contributed by atoms with Crippen LogP contribution < -0.4 is 10.6 Å². The van der Waals surface area contributed by atoms with Crippen LogP contribution in [0.15, 0.2) is 76.2 Å². The molecule has 3 aromatic rings. The SMILES string of the molecule is Cc1ccc(S(=O)(=O)[C@H](CNC(=O)C(=O)NCc2ccccc2Cl)c2ccco2)cc1. The number of nitrogens with one attached hydrogen (secondary N) is 2. The summed E-state index contributed by atoms with van der Waals surface area (Å²) in [7, 11) is -3.88. The molecule has 0 unspecified atom stereocenters. The van der Waals surface area contributed by atoms with E-state index >= 15 is 0 Å². The number of carbonyl (C=O) groups excluding carboxylic acids is 2. The Morgan fingerprint density at radius 2 is 1.65 bits per heavy atom. The highest BCUT2D eigenvalue weighted by Gasteiger charge is 2.32. The van der Waals surface area contributed by atoms with Crippen LogP contribution in [-0.4, -0.2) is 26.8 Å². The van der Waals surface area contributed by atoms with Crippen molar-refractivity contribution in [3.63, 3.8) is 0 Å². The smallest absolute Gasteiger partial charge is 0.309 e. The Bertz CT molecular complexity index is 1160. The van der Waals surface area contributed by atoms with Gasteiger partial charge in [-0.2, -0.15) is 0 Å². The van der Waals surface area contributed by atoms with Gasteiger partial charge in [-0.15, -0.1) is 0 Å². The standard InChI is InChI=1S/C22H21ClN2O5S/c1-15-8-10-17(11-9-15)31(28,29)20(19-7-4-12-30-19)14-25-22(27)21(26)24-13-16-5-2-3-6-18(16)23/h2-12,20H,13-14H2,1H3,(H,24,26)(H,25,27)/t20-/m1/s1. The molecule has 0 aliphatic heterocycles. The van der Waals surface area contributed by atoms with Gasteiger partial charge < -0.3 is 15.1 Å². The van der Waals surface area contributed by atoms with Crippen LogP contribution in [0.5, 0.6) is 0 Å². The number of benzene rings is 2. The number of hydrogen-bond donors (Lipinski definition) is 2.